The van der Waals surface area contributed by atoms with E-state index in [2.05, 4.69) is 17.4 Å². The number of ether oxygens (including phenoxy) is 1. The summed E-state index contributed by atoms with van der Waals surface area (Å²) in [6, 6.07) is 27.3. The maximum atomic E-state index is 12.9. The second-order valence-electron chi connectivity index (χ2n) is 7.82. The first-order valence-electron chi connectivity index (χ1n) is 10.8. The van der Waals surface area contributed by atoms with Crippen LogP contribution in [0.25, 0.3) is 0 Å². The molecule has 0 saturated heterocycles. The second kappa shape index (κ2) is 10.4. The molecule has 6 heteroatoms. The molecule has 168 valence electrons. The molecule has 0 unspecified atom stereocenters. The van der Waals surface area contributed by atoms with E-state index in [1.165, 1.54) is 7.11 Å². The predicted molar refractivity (Wildman–Crippen MR) is 132 cm³/mol. The van der Waals surface area contributed by atoms with Crippen molar-refractivity contribution < 1.29 is 9.53 Å². The Morgan fingerprint density at radius 3 is 2.33 bits per heavy atom. The lowest BCUT2D eigenvalue weighted by molar-refractivity contribution is -0.136. The Morgan fingerprint density at radius 1 is 1.00 bits per heavy atom. The van der Waals surface area contributed by atoms with E-state index in [-0.39, 0.29) is 12.0 Å². The molecule has 1 aliphatic rings. The molecule has 4 rings (SSSR count). The molecule has 0 aliphatic carbocycles. The molecule has 0 radical (unpaired) electrons. The van der Waals surface area contributed by atoms with Crippen LogP contribution in [0.2, 0.25) is 5.02 Å². The number of nitrogens with one attached hydrogen (secondary N) is 1. The number of nitrogens with zero attached hydrogens (tertiary/aromatic N) is 2. The molecule has 0 spiro atoms. The third-order valence-electron chi connectivity index (χ3n) is 5.63. The molecule has 1 heterocycles. The summed E-state index contributed by atoms with van der Waals surface area (Å²) in [5.74, 6) is 0.332. The van der Waals surface area contributed by atoms with Gasteiger partial charge in [-0.2, -0.15) is 0 Å². The van der Waals surface area contributed by atoms with Gasteiger partial charge < -0.3 is 15.0 Å². The van der Waals surface area contributed by atoms with Crippen LogP contribution in [0.15, 0.2) is 101 Å². The largest absolute Gasteiger partial charge is 0.466 e. The Hall–Kier alpha value is -3.57. The van der Waals surface area contributed by atoms with E-state index < -0.39 is 0 Å². The van der Waals surface area contributed by atoms with E-state index >= 15 is 0 Å². The van der Waals surface area contributed by atoms with E-state index in [0.717, 1.165) is 22.4 Å². The van der Waals surface area contributed by atoms with Gasteiger partial charge in [0, 0.05) is 10.7 Å². The van der Waals surface area contributed by atoms with Crippen LogP contribution in [0, 0.1) is 0 Å². The molecule has 0 aromatic heterocycles. The van der Waals surface area contributed by atoms with E-state index in [1.54, 1.807) is 0 Å². The summed E-state index contributed by atoms with van der Waals surface area (Å²) >= 11 is 6.17. The fourth-order valence-corrected chi connectivity index (χ4v) is 4.17. The van der Waals surface area contributed by atoms with Gasteiger partial charge in [-0.05, 0) is 35.7 Å². The van der Waals surface area contributed by atoms with Gasteiger partial charge in [0.1, 0.15) is 0 Å². The first-order chi connectivity index (χ1) is 16.1. The van der Waals surface area contributed by atoms with Gasteiger partial charge >= 0.3 is 5.97 Å². The molecule has 5 nitrogen and oxygen atoms in total. The average molecular weight is 460 g/mol. The van der Waals surface area contributed by atoms with Crippen molar-refractivity contribution >= 4 is 23.5 Å². The Morgan fingerprint density at radius 2 is 1.67 bits per heavy atom. The van der Waals surface area contributed by atoms with Crippen molar-refractivity contribution in [2.45, 2.75) is 26.1 Å². The fourth-order valence-electron chi connectivity index (χ4n) is 3.96. The van der Waals surface area contributed by atoms with Crippen molar-refractivity contribution in [2.75, 3.05) is 7.11 Å². The monoisotopic (exact) mass is 459 g/mol. The highest BCUT2D eigenvalue weighted by atomic mass is 35.5. The number of aliphatic imine (C=N–C) groups is 1. The summed E-state index contributed by atoms with van der Waals surface area (Å²) in [7, 11) is 1.41. The van der Waals surface area contributed by atoms with Gasteiger partial charge in [-0.1, -0.05) is 84.4 Å². The van der Waals surface area contributed by atoms with Crippen LogP contribution in [0.3, 0.4) is 0 Å². The summed E-state index contributed by atoms with van der Waals surface area (Å²) in [5.41, 5.74) is 4.46. The molecule has 33 heavy (non-hydrogen) atoms. The van der Waals surface area contributed by atoms with Crippen molar-refractivity contribution in [3.8, 4) is 0 Å². The van der Waals surface area contributed by atoms with Crippen LogP contribution in [0.1, 0.15) is 29.7 Å². The normalized spacial score (nSPS) is 17.1. The lowest BCUT2D eigenvalue weighted by Gasteiger charge is -2.38. The van der Waals surface area contributed by atoms with Crippen LogP contribution in [-0.4, -0.2) is 23.9 Å². The van der Waals surface area contributed by atoms with E-state index in [4.69, 9.17) is 21.3 Å². The third-order valence-corrected chi connectivity index (χ3v) is 5.87. The zero-order valence-electron chi connectivity index (χ0n) is 18.7. The molecule has 1 N–H and O–H groups in total. The Kier molecular flexibility index (Phi) is 7.10. The number of carbonyl (C=O) groups excluding carboxylic acids is 1. The van der Waals surface area contributed by atoms with Crippen LogP contribution in [-0.2, 0) is 22.6 Å². The van der Waals surface area contributed by atoms with Gasteiger partial charge in [-0.25, -0.2) is 9.79 Å². The smallest absolute Gasteiger partial charge is 0.337 e. The average Bonchev–Trinajstić information content (AvgIpc) is 2.85. The summed E-state index contributed by atoms with van der Waals surface area (Å²) < 4.78 is 5.17. The molecule has 3 aromatic carbocycles. The van der Waals surface area contributed by atoms with E-state index in [1.807, 2.05) is 84.6 Å². The van der Waals surface area contributed by atoms with Gasteiger partial charge in [0.2, 0.25) is 0 Å². The second-order valence-corrected chi connectivity index (χ2v) is 8.26. The Balaban J connectivity index is 1.79. The van der Waals surface area contributed by atoms with Gasteiger partial charge in [0.25, 0.3) is 0 Å². The van der Waals surface area contributed by atoms with Crippen LogP contribution >= 0.6 is 11.6 Å². The van der Waals surface area contributed by atoms with E-state index in [9.17, 15) is 4.79 Å². The lowest BCUT2D eigenvalue weighted by Crippen LogP contribution is -2.48. The number of allylic oxidation sites excluding steroid dienone is 1. The van der Waals surface area contributed by atoms with Crippen molar-refractivity contribution in [1.82, 2.24) is 10.2 Å². The lowest BCUT2D eigenvalue weighted by atomic mass is 9.94. The molecular formula is C27H26ClN3O2. The zero-order valence-corrected chi connectivity index (χ0v) is 19.4. The molecular weight excluding hydrogens is 434 g/mol. The number of guanidine groups is 1. The molecule has 1 aliphatic heterocycles. The summed E-state index contributed by atoms with van der Waals surface area (Å²) in [6.07, 6.45) is 0. The minimum Gasteiger partial charge on any atom is -0.466 e. The Bertz CT molecular complexity index is 1180. The standard InChI is InChI=1S/C27H26ClN3O2/c1-19-24(26(32)33-2)25(22-13-7-4-8-14-22)30-27(29-17-21-12-9-15-23(28)16-21)31(19)18-20-10-5-3-6-11-20/h3-16,25H,17-18H2,1-2H3,(H,29,30)/t25-/m0/s1. The summed E-state index contributed by atoms with van der Waals surface area (Å²) in [6.45, 7) is 2.97. The quantitative estimate of drug-likeness (QED) is 0.495. The number of methoxy groups -OCH3 is 1. The minimum absolute atomic E-state index is 0.360. The SMILES string of the molecule is COC(=O)C1=C(C)N(Cc2ccccc2)C(=NCc2cccc(Cl)c2)N[C@H]1c1ccccc1. The number of halogens is 1. The van der Waals surface area contributed by atoms with Crippen molar-refractivity contribution in [3.63, 3.8) is 0 Å². The minimum atomic E-state index is -0.371. The van der Waals surface area contributed by atoms with Crippen molar-refractivity contribution in [3.05, 3.63) is 118 Å². The number of hydrogen-bond acceptors (Lipinski definition) is 3. The third kappa shape index (κ3) is 5.26. The van der Waals surface area contributed by atoms with Crippen LogP contribution in [0.4, 0.5) is 0 Å². The van der Waals surface area contributed by atoms with Crippen molar-refractivity contribution in [1.29, 1.82) is 0 Å². The zero-order chi connectivity index (χ0) is 23.2. The van der Waals surface area contributed by atoms with Gasteiger partial charge in [0.15, 0.2) is 5.96 Å². The van der Waals surface area contributed by atoms with Crippen molar-refractivity contribution in [2.24, 2.45) is 4.99 Å². The molecule has 1 atom stereocenters. The molecule has 0 fully saturated rings. The Labute approximate surface area is 199 Å². The van der Waals surface area contributed by atoms with Crippen LogP contribution < -0.4 is 5.32 Å². The number of rotatable bonds is 6. The molecule has 0 amide bonds. The number of carbonyl (C=O) groups is 1. The van der Waals surface area contributed by atoms with Crippen LogP contribution in [0.5, 0.6) is 0 Å². The molecule has 3 aromatic rings. The fraction of sp³-hybridized carbons (Fsp3) is 0.185. The molecule has 0 saturated carbocycles. The maximum Gasteiger partial charge on any atom is 0.337 e. The first kappa shape index (κ1) is 22.6. The van der Waals surface area contributed by atoms with Gasteiger partial charge in [-0.15, -0.1) is 0 Å². The predicted octanol–water partition coefficient (Wildman–Crippen LogP) is 5.49. The topological polar surface area (TPSA) is 53.9 Å². The van der Waals surface area contributed by atoms with Gasteiger partial charge in [-0.3, -0.25) is 0 Å². The number of benzene rings is 3. The number of esters is 1. The highest BCUT2D eigenvalue weighted by Crippen LogP contribution is 2.32. The maximum absolute atomic E-state index is 12.9. The first-order valence-corrected chi connectivity index (χ1v) is 11.2. The van der Waals surface area contributed by atoms with E-state index in [0.29, 0.717) is 29.6 Å². The highest BCUT2D eigenvalue weighted by Gasteiger charge is 2.35. The molecule has 0 bridgehead atoms. The summed E-state index contributed by atoms with van der Waals surface area (Å²) in [5, 5.41) is 4.18. The summed E-state index contributed by atoms with van der Waals surface area (Å²) in [4.78, 5) is 19.8. The number of hydrogen-bond donors (Lipinski definition) is 1. The highest BCUT2D eigenvalue weighted by molar-refractivity contribution is 6.30. The van der Waals surface area contributed by atoms with Gasteiger partial charge in [0.05, 0.1) is 31.8 Å².